The molecule has 0 unspecified atom stereocenters. The van der Waals surface area contributed by atoms with Gasteiger partial charge >= 0.3 is 6.18 Å². The highest BCUT2D eigenvalue weighted by molar-refractivity contribution is 5.93. The molecule has 1 fully saturated rings. The molecule has 29 heavy (non-hydrogen) atoms. The van der Waals surface area contributed by atoms with Crippen molar-refractivity contribution >= 4 is 17.4 Å². The molecule has 152 valence electrons. The van der Waals surface area contributed by atoms with Crippen molar-refractivity contribution in [3.05, 3.63) is 54.1 Å². The molecule has 1 aliphatic rings. The van der Waals surface area contributed by atoms with E-state index in [0.29, 0.717) is 11.4 Å². The molecular weight excluding hydrogens is 385 g/mol. The van der Waals surface area contributed by atoms with Gasteiger partial charge in [0.2, 0.25) is 0 Å². The summed E-state index contributed by atoms with van der Waals surface area (Å²) in [6, 6.07) is 6.72. The maximum absolute atomic E-state index is 12.9. The summed E-state index contributed by atoms with van der Waals surface area (Å²) in [4.78, 5) is 15.9. The molecule has 3 heterocycles. The molecule has 0 radical (unpaired) electrons. The molecule has 0 aromatic carbocycles. The van der Waals surface area contributed by atoms with Crippen molar-refractivity contribution in [3.8, 4) is 0 Å². The summed E-state index contributed by atoms with van der Waals surface area (Å²) in [5.74, 6) is 0.389. The van der Waals surface area contributed by atoms with Crippen molar-refractivity contribution in [3.63, 3.8) is 0 Å². The van der Waals surface area contributed by atoms with E-state index in [9.17, 15) is 18.0 Å². The fourth-order valence-corrected chi connectivity index (χ4v) is 3.55. The minimum atomic E-state index is -4.48. The number of carbonyl (C=O) groups is 1. The third kappa shape index (κ3) is 4.30. The van der Waals surface area contributed by atoms with Crippen molar-refractivity contribution in [1.29, 1.82) is 0 Å². The third-order valence-electron chi connectivity index (χ3n) is 5.04. The number of carbonyl (C=O) groups excluding carboxylic acids is 1. The number of hydrogen-bond acceptors (Lipinski definition) is 5. The lowest BCUT2D eigenvalue weighted by molar-refractivity contribution is -0.140. The van der Waals surface area contributed by atoms with Crippen molar-refractivity contribution in [2.24, 2.45) is 0 Å². The van der Waals surface area contributed by atoms with E-state index in [2.05, 4.69) is 25.8 Å². The first-order valence-corrected chi connectivity index (χ1v) is 9.29. The number of alkyl halides is 3. The van der Waals surface area contributed by atoms with Gasteiger partial charge in [-0.15, -0.1) is 0 Å². The van der Waals surface area contributed by atoms with Crippen molar-refractivity contribution in [2.75, 3.05) is 5.32 Å². The number of amides is 1. The van der Waals surface area contributed by atoms with E-state index >= 15 is 0 Å². The highest BCUT2D eigenvalue weighted by Gasteiger charge is 2.34. The lowest BCUT2D eigenvalue weighted by atomic mass is 9.91. The largest absolute Gasteiger partial charge is 0.434 e. The summed E-state index contributed by atoms with van der Waals surface area (Å²) in [6.07, 6.45) is 2.54. The second-order valence-electron chi connectivity index (χ2n) is 7.06. The van der Waals surface area contributed by atoms with E-state index in [-0.39, 0.29) is 23.6 Å². The Bertz CT molecular complexity index is 996. The summed E-state index contributed by atoms with van der Waals surface area (Å²) < 4.78 is 40.3. The SMILES string of the molecule is O=C(NC1CCC(Nc2cccc3nc(C(F)(F)F)cn23)CC1)c1ccnnc1. The zero-order chi connectivity index (χ0) is 20.4. The lowest BCUT2D eigenvalue weighted by Gasteiger charge is -2.30. The normalized spacial score (nSPS) is 19.8. The van der Waals surface area contributed by atoms with Crippen LogP contribution in [0.15, 0.2) is 42.9 Å². The average Bonchev–Trinajstić information content (AvgIpc) is 3.16. The fourth-order valence-electron chi connectivity index (χ4n) is 3.55. The van der Waals surface area contributed by atoms with E-state index in [4.69, 9.17) is 0 Å². The standard InChI is InChI=1S/C19H19F3N6O/c20-19(21,22)15-11-28-16(2-1-3-17(28)27-15)25-13-4-6-14(7-5-13)26-18(29)12-8-9-23-24-10-12/h1-3,8-11,13-14,25H,4-7H2,(H,26,29). The number of imidazole rings is 1. The Hall–Kier alpha value is -3.17. The molecule has 0 atom stereocenters. The molecule has 7 nitrogen and oxygen atoms in total. The van der Waals surface area contributed by atoms with Crippen LogP contribution >= 0.6 is 0 Å². The predicted molar refractivity (Wildman–Crippen MR) is 99.4 cm³/mol. The topological polar surface area (TPSA) is 84.2 Å². The highest BCUT2D eigenvalue weighted by Crippen LogP contribution is 2.30. The molecule has 0 saturated heterocycles. The second kappa shape index (κ2) is 7.69. The van der Waals surface area contributed by atoms with Gasteiger partial charge in [-0.2, -0.15) is 23.4 Å². The van der Waals surface area contributed by atoms with E-state index in [0.717, 1.165) is 31.9 Å². The van der Waals surface area contributed by atoms with Gasteiger partial charge in [0.05, 0.1) is 18.0 Å². The number of halogens is 3. The number of pyridine rings is 1. The monoisotopic (exact) mass is 404 g/mol. The first-order chi connectivity index (χ1) is 13.9. The van der Waals surface area contributed by atoms with Gasteiger partial charge in [-0.3, -0.25) is 9.20 Å². The summed E-state index contributed by atoms with van der Waals surface area (Å²) >= 11 is 0. The minimum Gasteiger partial charge on any atom is -0.368 e. The number of aromatic nitrogens is 4. The summed E-state index contributed by atoms with van der Waals surface area (Å²) in [5, 5.41) is 13.7. The zero-order valence-corrected chi connectivity index (χ0v) is 15.4. The van der Waals surface area contributed by atoms with Crippen LogP contribution in [0.3, 0.4) is 0 Å². The van der Waals surface area contributed by atoms with E-state index in [1.54, 1.807) is 24.3 Å². The molecule has 1 aliphatic carbocycles. The molecule has 3 aromatic heterocycles. The maximum atomic E-state index is 12.9. The molecule has 0 aliphatic heterocycles. The third-order valence-corrected chi connectivity index (χ3v) is 5.04. The molecule has 1 saturated carbocycles. The predicted octanol–water partition coefficient (Wildman–Crippen LogP) is 3.30. The maximum Gasteiger partial charge on any atom is 0.434 e. The summed E-state index contributed by atoms with van der Waals surface area (Å²) in [7, 11) is 0. The van der Waals surface area contributed by atoms with Gasteiger partial charge in [0.25, 0.3) is 5.91 Å². The summed E-state index contributed by atoms with van der Waals surface area (Å²) in [6.45, 7) is 0. The Balaban J connectivity index is 1.37. The van der Waals surface area contributed by atoms with Crippen molar-refractivity contribution in [2.45, 2.75) is 43.9 Å². The van der Waals surface area contributed by atoms with Crippen LogP contribution in [0.4, 0.5) is 19.0 Å². The smallest absolute Gasteiger partial charge is 0.368 e. The first kappa shape index (κ1) is 19.2. The Kier molecular flexibility index (Phi) is 5.08. The van der Waals surface area contributed by atoms with Crippen LogP contribution in [-0.2, 0) is 6.18 Å². The number of nitrogens with zero attached hydrogens (tertiary/aromatic N) is 4. The Morgan fingerprint density at radius 2 is 1.83 bits per heavy atom. The van der Waals surface area contributed by atoms with Crippen LogP contribution in [0.5, 0.6) is 0 Å². The van der Waals surface area contributed by atoms with Gasteiger partial charge < -0.3 is 10.6 Å². The first-order valence-electron chi connectivity index (χ1n) is 9.29. The Labute approximate surface area is 164 Å². The van der Waals surface area contributed by atoms with Crippen LogP contribution in [0.1, 0.15) is 41.7 Å². The lowest BCUT2D eigenvalue weighted by Crippen LogP contribution is -2.40. The van der Waals surface area contributed by atoms with E-state index in [1.807, 2.05) is 0 Å². The van der Waals surface area contributed by atoms with Gasteiger partial charge in [-0.1, -0.05) is 6.07 Å². The quantitative estimate of drug-likeness (QED) is 0.697. The Morgan fingerprint density at radius 1 is 1.07 bits per heavy atom. The number of rotatable bonds is 4. The van der Waals surface area contributed by atoms with Crippen LogP contribution in [-0.4, -0.2) is 37.6 Å². The second-order valence-corrected chi connectivity index (χ2v) is 7.06. The number of fused-ring (bicyclic) bond motifs is 1. The number of hydrogen-bond donors (Lipinski definition) is 2. The molecule has 1 amide bonds. The van der Waals surface area contributed by atoms with Gasteiger partial charge in [-0.05, 0) is 43.9 Å². The van der Waals surface area contributed by atoms with Crippen LogP contribution in [0.25, 0.3) is 5.65 Å². The molecule has 10 heteroatoms. The molecule has 2 N–H and O–H groups in total. The van der Waals surface area contributed by atoms with E-state index < -0.39 is 11.9 Å². The number of anilines is 1. The van der Waals surface area contributed by atoms with Crippen molar-refractivity contribution < 1.29 is 18.0 Å². The van der Waals surface area contributed by atoms with Gasteiger partial charge in [0.15, 0.2) is 5.69 Å². The van der Waals surface area contributed by atoms with E-state index in [1.165, 1.54) is 16.8 Å². The average molecular weight is 404 g/mol. The molecule has 0 bridgehead atoms. The summed E-state index contributed by atoms with van der Waals surface area (Å²) in [5.41, 5.74) is -0.203. The van der Waals surface area contributed by atoms with Gasteiger partial charge in [0.1, 0.15) is 11.5 Å². The van der Waals surface area contributed by atoms with Gasteiger partial charge in [-0.25, -0.2) is 4.98 Å². The van der Waals surface area contributed by atoms with Crippen molar-refractivity contribution in [1.82, 2.24) is 24.9 Å². The molecule has 0 spiro atoms. The minimum absolute atomic E-state index is 0.0505. The van der Waals surface area contributed by atoms with Crippen LogP contribution in [0, 0.1) is 0 Å². The van der Waals surface area contributed by atoms with Crippen LogP contribution in [0.2, 0.25) is 0 Å². The highest BCUT2D eigenvalue weighted by atomic mass is 19.4. The number of nitrogens with one attached hydrogen (secondary N) is 2. The Morgan fingerprint density at radius 3 is 2.52 bits per heavy atom. The molecule has 4 rings (SSSR count). The fraction of sp³-hybridized carbons (Fsp3) is 0.368. The zero-order valence-electron chi connectivity index (χ0n) is 15.4. The van der Waals surface area contributed by atoms with Crippen LogP contribution < -0.4 is 10.6 Å². The molecule has 3 aromatic rings. The molecular formula is C19H19F3N6O. The van der Waals surface area contributed by atoms with Gasteiger partial charge in [0, 0.05) is 18.3 Å².